The molecule has 1 aromatic carbocycles. The van der Waals surface area contributed by atoms with E-state index in [2.05, 4.69) is 20.7 Å². The Kier molecular flexibility index (Phi) is 3.17. The zero-order valence-electron chi connectivity index (χ0n) is 8.69. The fourth-order valence-electron chi connectivity index (χ4n) is 1.53. The second-order valence-corrected chi connectivity index (χ2v) is 5.21. The SMILES string of the molecule is COC(=O)c1c(C(=O)O)sc2ccc(Br)cc12. The van der Waals surface area contributed by atoms with E-state index in [1.54, 1.807) is 18.2 Å². The van der Waals surface area contributed by atoms with Crippen LogP contribution in [0.15, 0.2) is 22.7 Å². The Labute approximate surface area is 109 Å². The van der Waals surface area contributed by atoms with Crippen molar-refractivity contribution in [2.75, 3.05) is 7.11 Å². The standard InChI is InChI=1S/C11H7BrO4S/c1-16-11(15)8-6-4-5(12)2-3-7(6)17-9(8)10(13)14/h2-4H,1H3,(H,13,14). The quantitative estimate of drug-likeness (QED) is 0.865. The molecule has 88 valence electrons. The molecule has 6 heteroatoms. The van der Waals surface area contributed by atoms with Gasteiger partial charge in [-0.2, -0.15) is 0 Å². The molecule has 0 radical (unpaired) electrons. The number of halogens is 1. The Hall–Kier alpha value is -1.40. The maximum absolute atomic E-state index is 11.6. The molecule has 2 aromatic rings. The number of ether oxygens (including phenoxy) is 1. The summed E-state index contributed by atoms with van der Waals surface area (Å²) in [6, 6.07) is 5.28. The molecule has 0 bridgehead atoms. The van der Waals surface area contributed by atoms with Crippen LogP contribution in [0.4, 0.5) is 0 Å². The van der Waals surface area contributed by atoms with Gasteiger partial charge in [0.1, 0.15) is 4.88 Å². The Balaban J connectivity index is 2.82. The summed E-state index contributed by atoms with van der Waals surface area (Å²) >= 11 is 4.35. The Morgan fingerprint density at radius 2 is 2.12 bits per heavy atom. The number of carbonyl (C=O) groups excluding carboxylic acids is 1. The summed E-state index contributed by atoms with van der Waals surface area (Å²) in [5.41, 5.74) is 0.112. The highest BCUT2D eigenvalue weighted by molar-refractivity contribution is 9.10. The van der Waals surface area contributed by atoms with Gasteiger partial charge in [0.15, 0.2) is 0 Å². The third-order valence-corrected chi connectivity index (χ3v) is 3.89. The molecule has 0 aliphatic rings. The molecular formula is C11H7BrO4S. The van der Waals surface area contributed by atoms with Crippen molar-refractivity contribution in [2.45, 2.75) is 0 Å². The highest BCUT2D eigenvalue weighted by atomic mass is 79.9. The van der Waals surface area contributed by atoms with Crippen molar-refractivity contribution < 1.29 is 19.4 Å². The van der Waals surface area contributed by atoms with Crippen LogP contribution in [0.5, 0.6) is 0 Å². The van der Waals surface area contributed by atoms with Gasteiger partial charge in [-0.1, -0.05) is 15.9 Å². The van der Waals surface area contributed by atoms with Gasteiger partial charge in [0.05, 0.1) is 12.7 Å². The second kappa shape index (κ2) is 4.46. The summed E-state index contributed by atoms with van der Waals surface area (Å²) in [5.74, 6) is -1.76. The van der Waals surface area contributed by atoms with Crippen molar-refractivity contribution in [2.24, 2.45) is 0 Å². The number of carboxylic acid groups (broad SMARTS) is 1. The molecule has 4 nitrogen and oxygen atoms in total. The van der Waals surface area contributed by atoms with Gasteiger partial charge in [-0.3, -0.25) is 0 Å². The van der Waals surface area contributed by atoms with Crippen molar-refractivity contribution in [1.29, 1.82) is 0 Å². The van der Waals surface area contributed by atoms with E-state index in [0.29, 0.717) is 5.39 Å². The first-order chi connectivity index (χ1) is 8.04. The van der Waals surface area contributed by atoms with Gasteiger partial charge in [-0.25, -0.2) is 9.59 Å². The molecule has 0 unspecified atom stereocenters. The largest absolute Gasteiger partial charge is 0.477 e. The molecule has 0 amide bonds. The molecule has 0 saturated carbocycles. The molecule has 0 atom stereocenters. The van der Waals surface area contributed by atoms with E-state index in [1.165, 1.54) is 7.11 Å². The molecule has 0 aliphatic heterocycles. The van der Waals surface area contributed by atoms with Crippen molar-refractivity contribution in [1.82, 2.24) is 0 Å². The van der Waals surface area contributed by atoms with E-state index < -0.39 is 11.9 Å². The summed E-state index contributed by atoms with van der Waals surface area (Å²) in [6.45, 7) is 0. The number of carbonyl (C=O) groups is 2. The lowest BCUT2D eigenvalue weighted by molar-refractivity contribution is 0.0587. The van der Waals surface area contributed by atoms with E-state index >= 15 is 0 Å². The molecule has 17 heavy (non-hydrogen) atoms. The van der Waals surface area contributed by atoms with Gasteiger partial charge < -0.3 is 9.84 Å². The van der Waals surface area contributed by atoms with Crippen LogP contribution in [0.25, 0.3) is 10.1 Å². The van der Waals surface area contributed by atoms with Gasteiger partial charge in [0, 0.05) is 14.6 Å². The second-order valence-electron chi connectivity index (χ2n) is 3.24. The summed E-state index contributed by atoms with van der Waals surface area (Å²) in [4.78, 5) is 22.7. The van der Waals surface area contributed by atoms with Crippen molar-refractivity contribution in [3.8, 4) is 0 Å². The van der Waals surface area contributed by atoms with Gasteiger partial charge in [-0.05, 0) is 18.2 Å². The lowest BCUT2D eigenvalue weighted by Gasteiger charge is -1.99. The van der Waals surface area contributed by atoms with Crippen molar-refractivity contribution in [3.63, 3.8) is 0 Å². The lowest BCUT2D eigenvalue weighted by Crippen LogP contribution is -2.06. The average Bonchev–Trinajstić information content (AvgIpc) is 2.66. The first kappa shape index (κ1) is 12.1. The predicted molar refractivity (Wildman–Crippen MR) is 67.8 cm³/mol. The van der Waals surface area contributed by atoms with Crippen LogP contribution in [-0.2, 0) is 4.74 Å². The molecular weight excluding hydrogens is 308 g/mol. The Bertz CT molecular complexity index is 617. The zero-order chi connectivity index (χ0) is 12.6. The summed E-state index contributed by atoms with van der Waals surface area (Å²) in [7, 11) is 1.23. The van der Waals surface area contributed by atoms with E-state index in [-0.39, 0.29) is 10.4 Å². The van der Waals surface area contributed by atoms with Crippen LogP contribution in [-0.4, -0.2) is 24.2 Å². The van der Waals surface area contributed by atoms with Crippen LogP contribution >= 0.6 is 27.3 Å². The molecule has 0 aliphatic carbocycles. The number of hydrogen-bond acceptors (Lipinski definition) is 4. The predicted octanol–water partition coefficient (Wildman–Crippen LogP) is 3.15. The van der Waals surface area contributed by atoms with Crippen molar-refractivity contribution >= 4 is 49.3 Å². The smallest absolute Gasteiger partial charge is 0.346 e. The first-order valence-corrected chi connectivity index (χ1v) is 6.19. The fraction of sp³-hybridized carbons (Fsp3) is 0.0909. The van der Waals surface area contributed by atoms with E-state index in [1.807, 2.05) is 0 Å². The van der Waals surface area contributed by atoms with Crippen LogP contribution in [0.2, 0.25) is 0 Å². The van der Waals surface area contributed by atoms with Crippen LogP contribution in [0.1, 0.15) is 20.0 Å². The van der Waals surface area contributed by atoms with E-state index in [9.17, 15) is 9.59 Å². The Morgan fingerprint density at radius 1 is 1.41 bits per heavy atom. The number of fused-ring (bicyclic) bond motifs is 1. The van der Waals surface area contributed by atoms with Gasteiger partial charge >= 0.3 is 11.9 Å². The topological polar surface area (TPSA) is 63.6 Å². The van der Waals surface area contributed by atoms with Gasteiger partial charge in [0.25, 0.3) is 0 Å². The monoisotopic (exact) mass is 314 g/mol. The number of rotatable bonds is 2. The van der Waals surface area contributed by atoms with Crippen LogP contribution < -0.4 is 0 Å². The third-order valence-electron chi connectivity index (χ3n) is 2.23. The number of thiophene rings is 1. The molecule has 1 heterocycles. The highest BCUT2D eigenvalue weighted by Crippen LogP contribution is 2.33. The van der Waals surface area contributed by atoms with E-state index in [0.717, 1.165) is 20.5 Å². The average molecular weight is 315 g/mol. The van der Waals surface area contributed by atoms with Gasteiger partial charge in [0.2, 0.25) is 0 Å². The molecule has 0 saturated heterocycles. The molecule has 1 N–H and O–H groups in total. The maximum atomic E-state index is 11.6. The zero-order valence-corrected chi connectivity index (χ0v) is 11.1. The number of carboxylic acids is 1. The van der Waals surface area contributed by atoms with Gasteiger partial charge in [-0.15, -0.1) is 11.3 Å². The minimum atomic E-state index is -1.12. The van der Waals surface area contributed by atoms with Crippen LogP contribution in [0, 0.1) is 0 Å². The normalized spacial score (nSPS) is 10.5. The Morgan fingerprint density at radius 3 is 2.71 bits per heavy atom. The molecule has 1 aromatic heterocycles. The minimum Gasteiger partial charge on any atom is -0.477 e. The molecule has 0 fully saturated rings. The first-order valence-electron chi connectivity index (χ1n) is 4.58. The number of hydrogen-bond donors (Lipinski definition) is 1. The third kappa shape index (κ3) is 2.05. The summed E-state index contributed by atoms with van der Waals surface area (Å²) < 4.78 is 6.15. The highest BCUT2D eigenvalue weighted by Gasteiger charge is 2.23. The number of esters is 1. The maximum Gasteiger partial charge on any atom is 0.346 e. The van der Waals surface area contributed by atoms with E-state index in [4.69, 9.17) is 5.11 Å². The lowest BCUT2D eigenvalue weighted by atomic mass is 10.1. The summed E-state index contributed by atoms with van der Waals surface area (Å²) in [6.07, 6.45) is 0. The number of methoxy groups -OCH3 is 1. The fourth-order valence-corrected chi connectivity index (χ4v) is 2.90. The molecule has 0 spiro atoms. The van der Waals surface area contributed by atoms with Crippen LogP contribution in [0.3, 0.4) is 0 Å². The number of benzene rings is 1. The van der Waals surface area contributed by atoms with Crippen molar-refractivity contribution in [3.05, 3.63) is 33.1 Å². The minimum absolute atomic E-state index is 0.00458. The summed E-state index contributed by atoms with van der Waals surface area (Å²) in [5, 5.41) is 9.66. The molecule has 2 rings (SSSR count). The number of aromatic carboxylic acids is 1.